The van der Waals surface area contributed by atoms with E-state index in [2.05, 4.69) is 36.9 Å². The number of rotatable bonds is 5. The fourth-order valence-electron chi connectivity index (χ4n) is 4.67. The Balaban J connectivity index is 1.79. The van der Waals surface area contributed by atoms with Crippen LogP contribution < -0.4 is 10.6 Å². The number of aryl methyl sites for hydroxylation is 1. The molecule has 2 aliphatic rings. The van der Waals surface area contributed by atoms with E-state index in [9.17, 15) is 4.79 Å². The minimum absolute atomic E-state index is 0.0820. The first-order chi connectivity index (χ1) is 11.9. The molecule has 25 heavy (non-hydrogen) atoms. The van der Waals surface area contributed by atoms with Crippen LogP contribution in [0.25, 0.3) is 0 Å². The molecule has 1 aromatic carbocycles. The lowest BCUT2D eigenvalue weighted by Gasteiger charge is -2.30. The summed E-state index contributed by atoms with van der Waals surface area (Å²) in [6, 6.07) is 7.32. The fourth-order valence-corrected chi connectivity index (χ4v) is 4.67. The van der Waals surface area contributed by atoms with E-state index in [1.807, 2.05) is 6.92 Å². The fraction of sp³-hybridized carbons (Fsp3) is 0.667. The van der Waals surface area contributed by atoms with Crippen molar-refractivity contribution >= 4 is 11.7 Å². The second-order valence-electron chi connectivity index (χ2n) is 8.09. The van der Waals surface area contributed by atoms with Crippen LogP contribution in [-0.4, -0.2) is 30.7 Å². The first-order valence-electron chi connectivity index (χ1n) is 9.73. The van der Waals surface area contributed by atoms with Crippen LogP contribution in [0.5, 0.6) is 0 Å². The van der Waals surface area contributed by atoms with Gasteiger partial charge >= 0.3 is 5.97 Å². The Labute approximate surface area is 151 Å². The van der Waals surface area contributed by atoms with Gasteiger partial charge in [-0.3, -0.25) is 4.79 Å². The molecule has 1 saturated carbocycles. The lowest BCUT2D eigenvalue weighted by Crippen LogP contribution is -2.39. The van der Waals surface area contributed by atoms with Gasteiger partial charge in [0.05, 0.1) is 6.61 Å². The van der Waals surface area contributed by atoms with Gasteiger partial charge in [0.1, 0.15) is 0 Å². The van der Waals surface area contributed by atoms with Crippen molar-refractivity contribution in [2.45, 2.75) is 76.8 Å². The number of ether oxygens (including phenoxy) is 1. The van der Waals surface area contributed by atoms with Gasteiger partial charge in [-0.05, 0) is 64.5 Å². The molecule has 1 aliphatic heterocycles. The molecule has 0 aromatic heterocycles. The summed E-state index contributed by atoms with van der Waals surface area (Å²) in [5, 5.41) is 0. The molecule has 2 N–H and O–H groups in total. The Morgan fingerprint density at radius 1 is 1.44 bits per heavy atom. The Bertz CT molecular complexity index is 626. The number of anilines is 1. The predicted molar refractivity (Wildman–Crippen MR) is 102 cm³/mol. The molecule has 4 heteroatoms. The molecule has 3 atom stereocenters. The smallest absolute Gasteiger partial charge is 0.305 e. The quantitative estimate of drug-likeness (QED) is 0.823. The van der Waals surface area contributed by atoms with Crippen molar-refractivity contribution in [2.24, 2.45) is 5.73 Å². The molecule has 2 unspecified atom stereocenters. The van der Waals surface area contributed by atoms with E-state index in [-0.39, 0.29) is 11.5 Å². The summed E-state index contributed by atoms with van der Waals surface area (Å²) in [7, 11) is 0. The Morgan fingerprint density at radius 2 is 2.24 bits per heavy atom. The standard InChI is InChI=1S/C21H32N2O2/c1-4-25-20(24)8-6-12-23-18-7-5-11-21(3,22)14-17(18)16-13-15(2)9-10-19(16)23/h9-10,13,17-18H,4-8,11-12,14,22H2,1-3H3/t17?,18-,21?/m0/s1. The van der Waals surface area contributed by atoms with Gasteiger partial charge in [0, 0.05) is 36.2 Å². The van der Waals surface area contributed by atoms with Gasteiger partial charge in [0.2, 0.25) is 0 Å². The third-order valence-electron chi connectivity index (χ3n) is 5.78. The van der Waals surface area contributed by atoms with E-state index in [1.165, 1.54) is 29.7 Å². The molecule has 0 bridgehead atoms. The largest absolute Gasteiger partial charge is 0.466 e. The first-order valence-corrected chi connectivity index (χ1v) is 9.73. The highest BCUT2D eigenvalue weighted by Crippen LogP contribution is 2.48. The van der Waals surface area contributed by atoms with E-state index >= 15 is 0 Å². The SMILES string of the molecule is CCOC(=O)CCCN1c2ccc(C)cc2C2CC(C)(N)CCC[C@@H]21. The second-order valence-corrected chi connectivity index (χ2v) is 8.09. The van der Waals surface area contributed by atoms with Gasteiger partial charge in [-0.15, -0.1) is 0 Å². The molecule has 1 fully saturated rings. The van der Waals surface area contributed by atoms with Gasteiger partial charge in [-0.1, -0.05) is 17.7 Å². The zero-order chi connectivity index (χ0) is 18.0. The van der Waals surface area contributed by atoms with Crippen molar-refractivity contribution in [1.29, 1.82) is 0 Å². The van der Waals surface area contributed by atoms with E-state index in [0.717, 1.165) is 25.8 Å². The molecule has 0 radical (unpaired) electrons. The molecule has 1 aliphatic carbocycles. The molecule has 1 aromatic rings. The third-order valence-corrected chi connectivity index (χ3v) is 5.78. The Kier molecular flexibility index (Phi) is 5.38. The number of hydrogen-bond acceptors (Lipinski definition) is 4. The maximum atomic E-state index is 11.7. The van der Waals surface area contributed by atoms with Crippen molar-refractivity contribution in [3.8, 4) is 0 Å². The van der Waals surface area contributed by atoms with Crippen LogP contribution in [0.4, 0.5) is 5.69 Å². The minimum Gasteiger partial charge on any atom is -0.466 e. The molecule has 0 saturated heterocycles. The van der Waals surface area contributed by atoms with Crippen LogP contribution in [0.2, 0.25) is 0 Å². The van der Waals surface area contributed by atoms with Gasteiger partial charge in [-0.25, -0.2) is 0 Å². The topological polar surface area (TPSA) is 55.6 Å². The molecule has 4 nitrogen and oxygen atoms in total. The van der Waals surface area contributed by atoms with Gasteiger partial charge in [0.15, 0.2) is 0 Å². The van der Waals surface area contributed by atoms with Crippen molar-refractivity contribution in [3.05, 3.63) is 29.3 Å². The van der Waals surface area contributed by atoms with E-state index < -0.39 is 0 Å². The Hall–Kier alpha value is -1.55. The van der Waals surface area contributed by atoms with Crippen LogP contribution in [0.15, 0.2) is 18.2 Å². The van der Waals surface area contributed by atoms with E-state index in [4.69, 9.17) is 10.5 Å². The number of nitrogens with zero attached hydrogens (tertiary/aromatic N) is 1. The molecule has 3 rings (SSSR count). The monoisotopic (exact) mass is 344 g/mol. The highest BCUT2D eigenvalue weighted by atomic mass is 16.5. The zero-order valence-electron chi connectivity index (χ0n) is 15.9. The summed E-state index contributed by atoms with van der Waals surface area (Å²) in [6.45, 7) is 7.60. The summed E-state index contributed by atoms with van der Waals surface area (Å²) in [4.78, 5) is 14.2. The molecule has 1 heterocycles. The molecule has 0 amide bonds. The molecule has 0 spiro atoms. The van der Waals surface area contributed by atoms with Crippen molar-refractivity contribution in [2.75, 3.05) is 18.1 Å². The number of hydrogen-bond donors (Lipinski definition) is 1. The molecule has 138 valence electrons. The van der Waals surface area contributed by atoms with Crippen molar-refractivity contribution < 1.29 is 9.53 Å². The summed E-state index contributed by atoms with van der Waals surface area (Å²) in [6.07, 6.45) is 5.84. The Morgan fingerprint density at radius 3 is 3.00 bits per heavy atom. The average molecular weight is 344 g/mol. The van der Waals surface area contributed by atoms with E-state index in [1.54, 1.807) is 0 Å². The molecular weight excluding hydrogens is 312 g/mol. The third kappa shape index (κ3) is 4.00. The maximum absolute atomic E-state index is 11.7. The summed E-state index contributed by atoms with van der Waals surface area (Å²) < 4.78 is 5.07. The summed E-state index contributed by atoms with van der Waals surface area (Å²) in [5.41, 5.74) is 10.6. The normalized spacial score (nSPS) is 28.2. The number of fused-ring (bicyclic) bond motifs is 3. The first kappa shape index (κ1) is 18.2. The van der Waals surface area contributed by atoms with Crippen molar-refractivity contribution in [3.63, 3.8) is 0 Å². The van der Waals surface area contributed by atoms with E-state index in [0.29, 0.717) is 25.0 Å². The second kappa shape index (κ2) is 7.36. The van der Waals surface area contributed by atoms with Crippen molar-refractivity contribution in [1.82, 2.24) is 0 Å². The number of carbonyl (C=O) groups is 1. The van der Waals surface area contributed by atoms with Gasteiger partial charge in [-0.2, -0.15) is 0 Å². The van der Waals surface area contributed by atoms with Crippen LogP contribution in [0, 0.1) is 6.92 Å². The minimum atomic E-state index is -0.0854. The van der Waals surface area contributed by atoms with Crippen LogP contribution in [0.1, 0.15) is 69.4 Å². The predicted octanol–water partition coefficient (Wildman–Crippen LogP) is 3.90. The van der Waals surface area contributed by atoms with Crippen LogP contribution in [0.3, 0.4) is 0 Å². The molecular formula is C21H32N2O2. The number of nitrogens with two attached hydrogens (primary N) is 1. The van der Waals surface area contributed by atoms with Gasteiger partial charge < -0.3 is 15.4 Å². The highest BCUT2D eigenvalue weighted by molar-refractivity contribution is 5.69. The highest BCUT2D eigenvalue weighted by Gasteiger charge is 2.42. The number of benzene rings is 1. The maximum Gasteiger partial charge on any atom is 0.305 e. The zero-order valence-corrected chi connectivity index (χ0v) is 15.9. The summed E-state index contributed by atoms with van der Waals surface area (Å²) in [5.74, 6) is 0.424. The summed E-state index contributed by atoms with van der Waals surface area (Å²) >= 11 is 0. The van der Waals surface area contributed by atoms with Crippen LogP contribution in [-0.2, 0) is 9.53 Å². The van der Waals surface area contributed by atoms with Gasteiger partial charge in [0.25, 0.3) is 0 Å². The average Bonchev–Trinajstić information content (AvgIpc) is 2.70. The number of esters is 1. The lowest BCUT2D eigenvalue weighted by molar-refractivity contribution is -0.143. The lowest BCUT2D eigenvalue weighted by atomic mass is 9.83. The number of carbonyl (C=O) groups excluding carboxylic acids is 1. The van der Waals surface area contributed by atoms with Crippen LogP contribution >= 0.6 is 0 Å².